The molecule has 31 heavy (non-hydrogen) atoms. The summed E-state index contributed by atoms with van der Waals surface area (Å²) in [5.41, 5.74) is -2.89. The van der Waals surface area contributed by atoms with Crippen molar-refractivity contribution in [2.24, 2.45) is 5.92 Å². The van der Waals surface area contributed by atoms with Crippen molar-refractivity contribution in [3.05, 3.63) is 60.7 Å². The molecule has 1 atom stereocenters. The normalized spacial score (nSPS) is 19.0. The van der Waals surface area contributed by atoms with Gasteiger partial charge in [-0.2, -0.15) is 0 Å². The van der Waals surface area contributed by atoms with E-state index in [0.29, 0.717) is 0 Å². The molecule has 0 radical (unpaired) electrons. The summed E-state index contributed by atoms with van der Waals surface area (Å²) in [5.74, 6) is -17.0. The maximum absolute atomic E-state index is 14.3. The van der Waals surface area contributed by atoms with Crippen molar-refractivity contribution >= 4 is 0 Å². The van der Waals surface area contributed by atoms with Crippen LogP contribution in [0.5, 0.6) is 0 Å². The molecule has 0 bridgehead atoms. The number of nitro groups is 6. The third kappa shape index (κ3) is 4.36. The summed E-state index contributed by atoms with van der Waals surface area (Å²) in [6.07, 6.45) is -6.57. The van der Waals surface area contributed by atoms with Crippen molar-refractivity contribution in [1.82, 2.24) is 0 Å². The lowest BCUT2D eigenvalue weighted by Crippen LogP contribution is -2.53. The van der Waals surface area contributed by atoms with Gasteiger partial charge >= 0.3 is 17.7 Å². The maximum Gasteiger partial charge on any atom is 0.616 e. The number of halogens is 3. The topological polar surface area (TPSA) is 271 Å². The Balaban J connectivity index is 3.56. The Kier molecular flexibility index (Phi) is 6.31. The lowest BCUT2D eigenvalue weighted by atomic mass is 9.81. The maximum atomic E-state index is 14.3. The second-order valence-corrected chi connectivity index (χ2v) is 6.33. The monoisotopic (exact) mass is 466 g/mol. The van der Waals surface area contributed by atoms with Crippen molar-refractivity contribution in [2.75, 3.05) is 6.61 Å². The molecule has 1 unspecified atom stereocenters. The van der Waals surface area contributed by atoms with E-state index in [1.54, 1.807) is 0 Å². The van der Waals surface area contributed by atoms with E-state index in [4.69, 9.17) is 0 Å². The van der Waals surface area contributed by atoms with Crippen molar-refractivity contribution < 1.29 is 47.4 Å². The quantitative estimate of drug-likeness (QED) is 0.114. The van der Waals surface area contributed by atoms with Gasteiger partial charge in [0.25, 0.3) is 0 Å². The first-order chi connectivity index (χ1) is 13.9. The summed E-state index contributed by atoms with van der Waals surface area (Å²) in [6, 6.07) is 0. The number of hydrogen-bond donors (Lipinski definition) is 0. The molecule has 0 aromatic carbocycles. The highest BCUT2D eigenvalue weighted by Gasteiger charge is 2.75. The van der Waals surface area contributed by atoms with Crippen LogP contribution in [0.1, 0.15) is 19.3 Å². The van der Waals surface area contributed by atoms with E-state index in [0.717, 1.165) is 0 Å². The van der Waals surface area contributed by atoms with Crippen LogP contribution in [0.15, 0.2) is 0 Å². The summed E-state index contributed by atoms with van der Waals surface area (Å²) < 4.78 is 47.3. The van der Waals surface area contributed by atoms with E-state index in [9.17, 15) is 73.9 Å². The van der Waals surface area contributed by atoms with Gasteiger partial charge in [0.1, 0.15) is 48.0 Å². The zero-order valence-electron chi connectivity index (χ0n) is 14.5. The van der Waals surface area contributed by atoms with Gasteiger partial charge in [-0.05, 0) is 0 Å². The Morgan fingerprint density at radius 1 is 0.677 bits per heavy atom. The lowest BCUT2D eigenvalue weighted by Gasteiger charge is -2.24. The molecule has 1 aliphatic heterocycles. The van der Waals surface area contributed by atoms with Gasteiger partial charge in [-0.25, -0.2) is 0 Å². The fourth-order valence-corrected chi connectivity index (χ4v) is 2.65. The fraction of sp³-hybridized carbons (Fsp3) is 1.00. The molecule has 1 fully saturated rings. The van der Waals surface area contributed by atoms with Gasteiger partial charge < -0.3 is 4.74 Å². The summed E-state index contributed by atoms with van der Waals surface area (Å²) in [4.78, 5) is 51.5. The number of nitrogens with zero attached hydrogens (tertiary/aromatic N) is 6. The molecule has 1 aliphatic rings. The van der Waals surface area contributed by atoms with Crippen molar-refractivity contribution in [1.29, 1.82) is 0 Å². The van der Waals surface area contributed by atoms with Crippen LogP contribution in [0.2, 0.25) is 0 Å². The summed E-state index contributed by atoms with van der Waals surface area (Å²) >= 11 is 0. The summed E-state index contributed by atoms with van der Waals surface area (Å²) in [7, 11) is 0. The van der Waals surface area contributed by atoms with Gasteiger partial charge in [0.2, 0.25) is 0 Å². The molecule has 1 rings (SSSR count). The first-order valence-corrected chi connectivity index (χ1v) is 7.47. The Labute approximate surface area is 164 Å². The van der Waals surface area contributed by atoms with E-state index < -0.39 is 84.7 Å². The molecule has 19 nitrogen and oxygen atoms in total. The van der Waals surface area contributed by atoms with Crippen LogP contribution >= 0.6 is 0 Å². The standard InChI is InChI=1S/C9H9F3N6O13/c10-7(13(19)20,14(21)22)1-5(2-8(11,15(23)24)16(25)26)6(4-31-6)3-9(12,17(27)28)18(29)30/h5H,1-4H2. The third-order valence-corrected chi connectivity index (χ3v) is 4.47. The molecule has 0 N–H and O–H groups in total. The van der Waals surface area contributed by atoms with Crippen LogP contribution < -0.4 is 0 Å². The molecular weight excluding hydrogens is 457 g/mol. The Morgan fingerprint density at radius 3 is 1.13 bits per heavy atom. The number of hydrogen-bond acceptors (Lipinski definition) is 13. The third-order valence-electron chi connectivity index (χ3n) is 4.47. The van der Waals surface area contributed by atoms with Gasteiger partial charge in [-0.1, -0.05) is 13.2 Å². The Hall–Kier alpha value is -3.85. The second kappa shape index (κ2) is 7.77. The molecule has 1 saturated heterocycles. The highest BCUT2D eigenvalue weighted by molar-refractivity contribution is 5.01. The minimum Gasteiger partial charge on any atom is -0.369 e. The Bertz CT molecular complexity index is 767. The average molecular weight is 466 g/mol. The number of alkyl halides is 3. The molecule has 0 aromatic heterocycles. The molecular formula is C9H9F3N6O13. The van der Waals surface area contributed by atoms with E-state index in [1.807, 2.05) is 0 Å². The van der Waals surface area contributed by atoms with Gasteiger partial charge in [-0.15, -0.1) is 0 Å². The number of ether oxygens (including phenoxy) is 1. The second-order valence-electron chi connectivity index (χ2n) is 6.33. The molecule has 0 saturated carbocycles. The molecule has 22 heteroatoms. The zero-order valence-corrected chi connectivity index (χ0v) is 14.5. The molecule has 0 aliphatic carbocycles. The predicted octanol–water partition coefficient (Wildman–Crippen LogP) is 0.0720. The smallest absolute Gasteiger partial charge is 0.369 e. The van der Waals surface area contributed by atoms with Gasteiger partial charge in [0, 0.05) is 5.92 Å². The first-order valence-electron chi connectivity index (χ1n) is 7.47. The highest BCUT2D eigenvalue weighted by Crippen LogP contribution is 2.50. The highest BCUT2D eigenvalue weighted by atomic mass is 19.2. The average Bonchev–Trinajstić information content (AvgIpc) is 3.40. The predicted molar refractivity (Wildman–Crippen MR) is 79.5 cm³/mol. The van der Waals surface area contributed by atoms with E-state index >= 15 is 0 Å². The number of rotatable bonds is 13. The van der Waals surface area contributed by atoms with Crippen LogP contribution in [0.4, 0.5) is 13.2 Å². The first kappa shape index (κ1) is 25.2. The molecule has 0 amide bonds. The van der Waals surface area contributed by atoms with E-state index in [1.165, 1.54) is 0 Å². The zero-order chi connectivity index (χ0) is 24.6. The van der Waals surface area contributed by atoms with Gasteiger partial charge in [0.05, 0.1) is 6.61 Å². The molecule has 0 aromatic rings. The van der Waals surface area contributed by atoms with Crippen LogP contribution in [0.25, 0.3) is 0 Å². The van der Waals surface area contributed by atoms with Crippen molar-refractivity contribution in [3.8, 4) is 0 Å². The van der Waals surface area contributed by atoms with E-state index in [2.05, 4.69) is 4.74 Å². The minimum atomic E-state index is -4.79. The van der Waals surface area contributed by atoms with Crippen LogP contribution in [0, 0.1) is 66.6 Å². The SMILES string of the molecule is O=[N+]([O-])C(F)(CC(CC(F)([N+](=O)[O-])[N+](=O)[O-])C1(CC(F)([N+](=O)[O-])[N+](=O)[O-])CO1)[N+](=O)[O-]. The van der Waals surface area contributed by atoms with Crippen LogP contribution in [0.3, 0.4) is 0 Å². The minimum absolute atomic E-state index is 1.11. The van der Waals surface area contributed by atoms with Gasteiger partial charge in [-0.3, -0.25) is 60.7 Å². The number of epoxide rings is 1. The summed E-state index contributed by atoms with van der Waals surface area (Å²) in [6.45, 7) is -1.11. The summed E-state index contributed by atoms with van der Waals surface area (Å²) in [5, 5.41) is 64.6. The largest absolute Gasteiger partial charge is 0.616 e. The van der Waals surface area contributed by atoms with Crippen LogP contribution in [-0.2, 0) is 4.74 Å². The molecule has 174 valence electrons. The van der Waals surface area contributed by atoms with Crippen molar-refractivity contribution in [3.63, 3.8) is 0 Å². The molecule has 1 heterocycles. The lowest BCUT2D eigenvalue weighted by molar-refractivity contribution is -0.842. The fourth-order valence-electron chi connectivity index (χ4n) is 2.65. The Morgan fingerprint density at radius 2 is 0.935 bits per heavy atom. The van der Waals surface area contributed by atoms with Crippen LogP contribution in [-0.4, -0.2) is 59.5 Å². The van der Waals surface area contributed by atoms with Crippen molar-refractivity contribution in [2.45, 2.75) is 42.6 Å². The van der Waals surface area contributed by atoms with E-state index in [-0.39, 0.29) is 0 Å². The molecule has 0 spiro atoms. The van der Waals surface area contributed by atoms with Gasteiger partial charge in [0.15, 0.2) is 6.42 Å².